The molecule has 27 atom stereocenters. The Labute approximate surface area is 393 Å². The van der Waals surface area contributed by atoms with Crippen LogP contribution in [0.3, 0.4) is 0 Å². The van der Waals surface area contributed by atoms with Gasteiger partial charge in [-0.05, 0) is 104 Å². The molecule has 0 aromatic heterocycles. The van der Waals surface area contributed by atoms with Crippen LogP contribution in [0.5, 0.6) is 0 Å². The molecule has 3 aliphatic heterocycles. The maximum atomic E-state index is 12.7. The molecular formula is C48H82O19. The summed E-state index contributed by atoms with van der Waals surface area (Å²) in [6.45, 7) is 16.1. The third-order valence-corrected chi connectivity index (χ3v) is 18.7. The zero-order valence-corrected chi connectivity index (χ0v) is 40.4. The van der Waals surface area contributed by atoms with Crippen molar-refractivity contribution in [3.63, 3.8) is 0 Å². The lowest BCUT2D eigenvalue weighted by molar-refractivity contribution is -0.382. The Hall–Kier alpha value is -1.02. The fourth-order valence-corrected chi connectivity index (χ4v) is 14.6. The van der Waals surface area contributed by atoms with Gasteiger partial charge < -0.3 is 94.8 Å². The summed E-state index contributed by atoms with van der Waals surface area (Å²) in [5.41, 5.74) is -4.07. The van der Waals surface area contributed by atoms with Crippen LogP contribution < -0.4 is 0 Å². The van der Waals surface area contributed by atoms with Gasteiger partial charge in [0.15, 0.2) is 18.9 Å². The first-order valence-electron chi connectivity index (χ1n) is 24.5. The Morgan fingerprint density at radius 2 is 1.27 bits per heavy atom. The molecule has 3 heterocycles. The van der Waals surface area contributed by atoms with Gasteiger partial charge in [0.1, 0.15) is 67.1 Å². The lowest BCUT2D eigenvalue weighted by atomic mass is 9.34. The molecule has 0 amide bonds. The monoisotopic (exact) mass is 963 g/mol. The van der Waals surface area contributed by atoms with Crippen LogP contribution in [0.2, 0.25) is 0 Å². The van der Waals surface area contributed by atoms with E-state index in [1.54, 1.807) is 19.1 Å². The van der Waals surface area contributed by atoms with Crippen LogP contribution in [0.4, 0.5) is 0 Å². The summed E-state index contributed by atoms with van der Waals surface area (Å²) in [6, 6.07) is 0. The number of aliphatic hydroxyl groups is 13. The highest BCUT2D eigenvalue weighted by Gasteiger charge is 2.74. The van der Waals surface area contributed by atoms with Gasteiger partial charge in [-0.3, -0.25) is 0 Å². The fraction of sp³-hybridized carbons (Fsp3) is 0.958. The van der Waals surface area contributed by atoms with Crippen molar-refractivity contribution in [3.05, 3.63) is 12.2 Å². The SMILES string of the molecule is CC(C)C(O)/C=C/[C@](C)(O[C@@H]1O[C@H](CO)[C@@H](O)[C@H](O)[C@H]1O)[C@H]1CC[C@]2(C)[C@@H]1C(O)C[C@@H]1[C@@]3(C)CCC(O)C(C)(C)[C@@H]3C(O[C@@H]3O[C@H](CO)[C@@H](O)[C@H](O)[C@H]3O[C@@H]3O[C@@H](C)[C@H](O)[C@@H](O)[C@H]3O)C[C@]12C. The predicted molar refractivity (Wildman–Crippen MR) is 235 cm³/mol. The van der Waals surface area contributed by atoms with E-state index in [2.05, 4.69) is 20.8 Å². The van der Waals surface area contributed by atoms with E-state index in [1.807, 2.05) is 27.7 Å². The van der Waals surface area contributed by atoms with Crippen LogP contribution in [0, 0.1) is 51.2 Å². The van der Waals surface area contributed by atoms with E-state index >= 15 is 0 Å². The zero-order valence-electron chi connectivity index (χ0n) is 40.4. The maximum Gasteiger partial charge on any atom is 0.187 e. The highest BCUT2D eigenvalue weighted by Crippen LogP contribution is 2.76. The molecule has 19 heteroatoms. The molecular weight excluding hydrogens is 881 g/mol. The van der Waals surface area contributed by atoms with Gasteiger partial charge in [-0.2, -0.15) is 0 Å². The molecule has 13 N–H and O–H groups in total. The smallest absolute Gasteiger partial charge is 0.187 e. The lowest BCUT2D eigenvalue weighted by Crippen LogP contribution is -2.71. The number of fused-ring (bicyclic) bond motifs is 5. The summed E-state index contributed by atoms with van der Waals surface area (Å²) in [5, 5.41) is 143. The quantitative estimate of drug-likeness (QED) is 0.0807. The molecule has 19 nitrogen and oxygen atoms in total. The highest BCUT2D eigenvalue weighted by atomic mass is 16.8. The Kier molecular flexibility index (Phi) is 15.6. The second-order valence-corrected chi connectivity index (χ2v) is 23.2. The fourth-order valence-electron chi connectivity index (χ4n) is 14.6. The highest BCUT2D eigenvalue weighted by molar-refractivity contribution is 5.23. The molecule has 3 saturated heterocycles. The topological polar surface area (TPSA) is 318 Å². The third kappa shape index (κ3) is 8.92. The first-order chi connectivity index (χ1) is 31.1. The molecule has 0 aromatic carbocycles. The summed E-state index contributed by atoms with van der Waals surface area (Å²) in [5.74, 6) is -1.69. The minimum absolute atomic E-state index is 0.139. The van der Waals surface area contributed by atoms with Crippen LogP contribution >= 0.6 is 0 Å². The molecule has 0 spiro atoms. The van der Waals surface area contributed by atoms with E-state index in [4.69, 9.17) is 28.4 Å². The van der Waals surface area contributed by atoms with Crippen LogP contribution in [0.1, 0.15) is 101 Å². The number of ether oxygens (including phenoxy) is 6. The Bertz CT molecular complexity index is 1720. The maximum absolute atomic E-state index is 12.7. The number of rotatable bonds is 12. The van der Waals surface area contributed by atoms with E-state index in [9.17, 15) is 66.4 Å². The number of hydrogen-bond acceptors (Lipinski definition) is 19. The normalized spacial score (nSPS) is 53.7. The second-order valence-electron chi connectivity index (χ2n) is 23.2. The standard InChI is InChI=1S/C48H82O19/c1-20(2)23(51)11-15-48(9,67-42-38(61)35(58)32(55)26(18-49)64-42)22-10-14-46(7)30(22)24(52)16-28-45(6)13-12-29(53)44(4,5)40(45)25(17-47(28,46)8)63-43-39(36(59)33(56)27(19-50)65-43)66-41-37(60)34(57)31(54)21(3)62-41/h11,15,20-43,49-61H,10,12-14,16-19H2,1-9H3/b15-11+/t21-,22-,23?,24?,25?,26+,27+,28+,29?,30-,31-,32+,33+,34+,35-,36-,37+,38+,39+,40-,41-,42-,43+,45+,46+,47+,48-/m0/s1. The van der Waals surface area contributed by atoms with Gasteiger partial charge >= 0.3 is 0 Å². The summed E-state index contributed by atoms with van der Waals surface area (Å²) in [4.78, 5) is 0. The van der Waals surface area contributed by atoms with Crippen molar-refractivity contribution in [1.82, 2.24) is 0 Å². The molecule has 7 fully saturated rings. The average Bonchev–Trinajstić information content (AvgIpc) is 3.66. The van der Waals surface area contributed by atoms with Gasteiger partial charge in [0.25, 0.3) is 0 Å². The van der Waals surface area contributed by atoms with Gasteiger partial charge in [0.2, 0.25) is 0 Å². The second kappa shape index (κ2) is 19.4. The van der Waals surface area contributed by atoms with Gasteiger partial charge in [-0.1, -0.05) is 60.6 Å². The van der Waals surface area contributed by atoms with Crippen LogP contribution in [-0.2, 0) is 28.4 Å². The first kappa shape index (κ1) is 53.8. The van der Waals surface area contributed by atoms with Crippen molar-refractivity contribution in [2.24, 2.45) is 51.2 Å². The Morgan fingerprint density at radius 1 is 0.687 bits per heavy atom. The molecule has 4 aliphatic carbocycles. The van der Waals surface area contributed by atoms with Crippen molar-refractivity contribution in [1.29, 1.82) is 0 Å². The summed E-state index contributed by atoms with van der Waals surface area (Å²) in [7, 11) is 0. The van der Waals surface area contributed by atoms with Gasteiger partial charge in [-0.25, -0.2) is 0 Å². The predicted octanol–water partition coefficient (Wildman–Crippen LogP) is -1.20. The van der Waals surface area contributed by atoms with Crippen molar-refractivity contribution < 1.29 is 94.8 Å². The average molecular weight is 963 g/mol. The van der Waals surface area contributed by atoms with E-state index in [1.165, 1.54) is 6.92 Å². The summed E-state index contributed by atoms with van der Waals surface area (Å²) in [6.07, 6.45) is -20.2. The van der Waals surface area contributed by atoms with Crippen molar-refractivity contribution in [2.75, 3.05) is 13.2 Å². The summed E-state index contributed by atoms with van der Waals surface area (Å²) >= 11 is 0. The van der Waals surface area contributed by atoms with Gasteiger partial charge in [0.05, 0.1) is 49.3 Å². The van der Waals surface area contributed by atoms with Crippen LogP contribution in [0.15, 0.2) is 12.2 Å². The van der Waals surface area contributed by atoms with Crippen LogP contribution in [-0.4, -0.2) is 202 Å². The molecule has 0 bridgehead atoms. The Balaban J connectivity index is 1.28. The molecule has 4 unspecified atom stereocenters. The van der Waals surface area contributed by atoms with E-state index in [-0.39, 0.29) is 11.8 Å². The molecule has 4 saturated carbocycles. The third-order valence-electron chi connectivity index (χ3n) is 18.7. The van der Waals surface area contributed by atoms with Crippen molar-refractivity contribution in [3.8, 4) is 0 Å². The lowest BCUT2D eigenvalue weighted by Gasteiger charge is -2.72. The molecule has 7 aliphatic rings. The molecule has 0 radical (unpaired) electrons. The molecule has 0 aromatic rings. The van der Waals surface area contributed by atoms with E-state index < -0.39 is 175 Å². The number of aliphatic hydroxyl groups excluding tert-OH is 13. The first-order valence-corrected chi connectivity index (χ1v) is 24.5. The number of hydrogen-bond donors (Lipinski definition) is 13. The minimum Gasteiger partial charge on any atom is -0.394 e. The van der Waals surface area contributed by atoms with Gasteiger partial charge in [-0.15, -0.1) is 0 Å². The minimum atomic E-state index is -1.77. The summed E-state index contributed by atoms with van der Waals surface area (Å²) < 4.78 is 37.8. The van der Waals surface area contributed by atoms with E-state index in [0.29, 0.717) is 38.5 Å². The van der Waals surface area contributed by atoms with Crippen molar-refractivity contribution in [2.45, 2.75) is 223 Å². The van der Waals surface area contributed by atoms with E-state index in [0.717, 1.165) is 0 Å². The Morgan fingerprint density at radius 3 is 1.88 bits per heavy atom. The molecule has 7 rings (SSSR count). The zero-order chi connectivity index (χ0) is 49.7. The van der Waals surface area contributed by atoms with Gasteiger partial charge in [0, 0.05) is 0 Å². The molecule has 67 heavy (non-hydrogen) atoms. The van der Waals surface area contributed by atoms with Crippen LogP contribution in [0.25, 0.3) is 0 Å². The largest absolute Gasteiger partial charge is 0.394 e. The molecule has 388 valence electrons. The van der Waals surface area contributed by atoms with Crippen molar-refractivity contribution >= 4 is 0 Å².